The van der Waals surface area contributed by atoms with Crippen LogP contribution in [0.4, 0.5) is 5.69 Å². The van der Waals surface area contributed by atoms with Crippen LogP contribution in [-0.2, 0) is 17.8 Å². The molecule has 4 nitrogen and oxygen atoms in total. The van der Waals surface area contributed by atoms with Crippen molar-refractivity contribution >= 4 is 11.6 Å². The van der Waals surface area contributed by atoms with Gasteiger partial charge in [-0.25, -0.2) is 0 Å². The van der Waals surface area contributed by atoms with Gasteiger partial charge in [-0.1, -0.05) is 24.3 Å². The van der Waals surface area contributed by atoms with Gasteiger partial charge in [0.05, 0.1) is 11.6 Å². The van der Waals surface area contributed by atoms with Gasteiger partial charge in [0.1, 0.15) is 0 Å². The molecule has 1 amide bonds. The molecule has 0 saturated carbocycles. The summed E-state index contributed by atoms with van der Waals surface area (Å²) in [6.45, 7) is 0.436. The molecule has 0 atom stereocenters. The van der Waals surface area contributed by atoms with Gasteiger partial charge in [-0.3, -0.25) is 4.79 Å². The zero-order chi connectivity index (χ0) is 15.1. The second-order valence-corrected chi connectivity index (χ2v) is 4.83. The lowest BCUT2D eigenvalue weighted by atomic mass is 10.1. The summed E-state index contributed by atoms with van der Waals surface area (Å²) in [6, 6.07) is 16.8. The summed E-state index contributed by atoms with van der Waals surface area (Å²) in [4.78, 5) is 11.8. The van der Waals surface area contributed by atoms with E-state index in [1.807, 2.05) is 36.4 Å². The van der Waals surface area contributed by atoms with Gasteiger partial charge in [-0.05, 0) is 41.8 Å². The Morgan fingerprint density at radius 2 is 1.90 bits per heavy atom. The highest BCUT2D eigenvalue weighted by atomic mass is 16.1. The van der Waals surface area contributed by atoms with E-state index in [0.29, 0.717) is 30.6 Å². The SMILES string of the molecule is N#Cc1cccc(CNC(=O)CCc2cccc(N)c2)c1. The largest absolute Gasteiger partial charge is 0.399 e. The zero-order valence-electron chi connectivity index (χ0n) is 11.7. The quantitative estimate of drug-likeness (QED) is 0.825. The van der Waals surface area contributed by atoms with Crippen molar-refractivity contribution in [1.29, 1.82) is 5.26 Å². The van der Waals surface area contributed by atoms with Gasteiger partial charge >= 0.3 is 0 Å². The minimum atomic E-state index is -0.0141. The summed E-state index contributed by atoms with van der Waals surface area (Å²) in [5.74, 6) is -0.0141. The van der Waals surface area contributed by atoms with Gasteiger partial charge in [0.2, 0.25) is 5.91 Å². The minimum Gasteiger partial charge on any atom is -0.399 e. The molecule has 106 valence electrons. The number of benzene rings is 2. The summed E-state index contributed by atoms with van der Waals surface area (Å²) >= 11 is 0. The van der Waals surface area contributed by atoms with Gasteiger partial charge in [0, 0.05) is 18.7 Å². The van der Waals surface area contributed by atoms with Crippen LogP contribution in [0.1, 0.15) is 23.1 Å². The summed E-state index contributed by atoms with van der Waals surface area (Å²) in [5.41, 5.74) is 8.98. The first-order chi connectivity index (χ1) is 10.2. The van der Waals surface area contributed by atoms with Crippen molar-refractivity contribution < 1.29 is 4.79 Å². The Hall–Kier alpha value is -2.80. The molecule has 21 heavy (non-hydrogen) atoms. The molecular formula is C17H17N3O. The number of nitrogens with one attached hydrogen (secondary N) is 1. The summed E-state index contributed by atoms with van der Waals surface area (Å²) in [5, 5.41) is 11.7. The van der Waals surface area contributed by atoms with Crippen LogP contribution >= 0.6 is 0 Å². The van der Waals surface area contributed by atoms with E-state index in [9.17, 15) is 4.79 Å². The van der Waals surface area contributed by atoms with E-state index in [4.69, 9.17) is 11.0 Å². The van der Waals surface area contributed by atoms with Crippen LogP contribution < -0.4 is 11.1 Å². The van der Waals surface area contributed by atoms with Gasteiger partial charge < -0.3 is 11.1 Å². The Bertz CT molecular complexity index is 674. The molecule has 4 heteroatoms. The molecule has 2 rings (SSSR count). The molecule has 0 radical (unpaired) electrons. The molecule has 2 aromatic carbocycles. The molecule has 0 fully saturated rings. The number of carbonyl (C=O) groups is 1. The van der Waals surface area contributed by atoms with Crippen molar-refractivity contribution in [3.63, 3.8) is 0 Å². The Morgan fingerprint density at radius 1 is 1.14 bits per heavy atom. The van der Waals surface area contributed by atoms with E-state index in [1.165, 1.54) is 0 Å². The highest BCUT2D eigenvalue weighted by Crippen LogP contribution is 2.09. The van der Waals surface area contributed by atoms with E-state index in [0.717, 1.165) is 11.1 Å². The fourth-order valence-corrected chi connectivity index (χ4v) is 2.05. The van der Waals surface area contributed by atoms with Crippen LogP contribution in [0.2, 0.25) is 0 Å². The predicted molar refractivity (Wildman–Crippen MR) is 82.2 cm³/mol. The van der Waals surface area contributed by atoms with E-state index < -0.39 is 0 Å². The minimum absolute atomic E-state index is 0.0141. The molecule has 0 aliphatic heterocycles. The highest BCUT2D eigenvalue weighted by Gasteiger charge is 2.03. The maximum atomic E-state index is 11.8. The van der Waals surface area contributed by atoms with Gasteiger partial charge in [0.15, 0.2) is 0 Å². The summed E-state index contributed by atoms with van der Waals surface area (Å²) in [7, 11) is 0. The smallest absolute Gasteiger partial charge is 0.220 e. The number of carbonyl (C=O) groups excluding carboxylic acids is 1. The molecule has 0 aliphatic rings. The fourth-order valence-electron chi connectivity index (χ4n) is 2.05. The molecular weight excluding hydrogens is 262 g/mol. The summed E-state index contributed by atoms with van der Waals surface area (Å²) in [6.07, 6.45) is 1.08. The number of nitrogens with two attached hydrogens (primary N) is 1. The maximum absolute atomic E-state index is 11.8. The standard InChI is InChI=1S/C17H17N3O/c18-11-14-4-1-5-15(9-14)12-20-17(21)8-7-13-3-2-6-16(19)10-13/h1-6,9-10H,7-8,12,19H2,(H,20,21). The number of amides is 1. The fraction of sp³-hybridized carbons (Fsp3) is 0.176. The molecule has 0 spiro atoms. The Labute approximate surface area is 124 Å². The monoisotopic (exact) mass is 279 g/mol. The topological polar surface area (TPSA) is 78.9 Å². The van der Waals surface area contributed by atoms with Gasteiger partial charge in [0.25, 0.3) is 0 Å². The van der Waals surface area contributed by atoms with Crippen molar-refractivity contribution in [2.45, 2.75) is 19.4 Å². The van der Waals surface area contributed by atoms with Crippen LogP contribution in [0, 0.1) is 11.3 Å². The van der Waals surface area contributed by atoms with Gasteiger partial charge in [-0.15, -0.1) is 0 Å². The first-order valence-electron chi connectivity index (χ1n) is 6.77. The number of nitrogen functional groups attached to an aromatic ring is 1. The number of hydrogen-bond donors (Lipinski definition) is 2. The average molecular weight is 279 g/mol. The average Bonchev–Trinajstić information content (AvgIpc) is 2.51. The predicted octanol–water partition coefficient (Wildman–Crippen LogP) is 2.39. The van der Waals surface area contributed by atoms with Crippen molar-refractivity contribution in [2.75, 3.05) is 5.73 Å². The lowest BCUT2D eigenvalue weighted by Crippen LogP contribution is -2.23. The number of nitrogens with zero attached hydrogens (tertiary/aromatic N) is 1. The van der Waals surface area contributed by atoms with Crippen LogP contribution in [-0.4, -0.2) is 5.91 Å². The summed E-state index contributed by atoms with van der Waals surface area (Å²) < 4.78 is 0. The zero-order valence-corrected chi connectivity index (χ0v) is 11.7. The Morgan fingerprint density at radius 3 is 2.67 bits per heavy atom. The maximum Gasteiger partial charge on any atom is 0.220 e. The number of aryl methyl sites for hydroxylation is 1. The number of rotatable bonds is 5. The van der Waals surface area contributed by atoms with Crippen LogP contribution in [0.5, 0.6) is 0 Å². The Kier molecular flexibility index (Phi) is 4.94. The van der Waals surface area contributed by atoms with Crippen LogP contribution in [0.25, 0.3) is 0 Å². The second-order valence-electron chi connectivity index (χ2n) is 4.83. The lowest BCUT2D eigenvalue weighted by molar-refractivity contribution is -0.121. The normalized spacial score (nSPS) is 9.86. The van der Waals surface area contributed by atoms with E-state index in [-0.39, 0.29) is 5.91 Å². The second kappa shape index (κ2) is 7.11. The highest BCUT2D eigenvalue weighted by molar-refractivity contribution is 5.76. The molecule has 0 heterocycles. The third-order valence-electron chi connectivity index (χ3n) is 3.14. The van der Waals surface area contributed by atoms with Crippen molar-refractivity contribution in [2.24, 2.45) is 0 Å². The molecule has 0 unspecified atom stereocenters. The van der Waals surface area contributed by atoms with Crippen LogP contribution in [0.15, 0.2) is 48.5 Å². The molecule has 0 bridgehead atoms. The van der Waals surface area contributed by atoms with Crippen molar-refractivity contribution in [3.05, 3.63) is 65.2 Å². The molecule has 3 N–H and O–H groups in total. The Balaban J connectivity index is 1.81. The molecule has 0 aliphatic carbocycles. The van der Waals surface area contributed by atoms with E-state index >= 15 is 0 Å². The van der Waals surface area contributed by atoms with Crippen molar-refractivity contribution in [1.82, 2.24) is 5.32 Å². The first-order valence-corrected chi connectivity index (χ1v) is 6.77. The van der Waals surface area contributed by atoms with E-state index in [1.54, 1.807) is 12.1 Å². The third-order valence-corrected chi connectivity index (χ3v) is 3.14. The number of hydrogen-bond acceptors (Lipinski definition) is 3. The van der Waals surface area contributed by atoms with Crippen LogP contribution in [0.3, 0.4) is 0 Å². The molecule has 2 aromatic rings. The van der Waals surface area contributed by atoms with Gasteiger partial charge in [-0.2, -0.15) is 5.26 Å². The van der Waals surface area contributed by atoms with Crippen molar-refractivity contribution in [3.8, 4) is 6.07 Å². The number of nitriles is 1. The molecule has 0 aromatic heterocycles. The third kappa shape index (κ3) is 4.66. The first kappa shape index (κ1) is 14.6. The van der Waals surface area contributed by atoms with E-state index in [2.05, 4.69) is 11.4 Å². The molecule has 0 saturated heterocycles. The lowest BCUT2D eigenvalue weighted by Gasteiger charge is -2.06. The number of anilines is 1.